The van der Waals surface area contributed by atoms with Crippen LogP contribution in [0.25, 0.3) is 0 Å². The molecule has 0 aliphatic heterocycles. The normalized spacial score (nSPS) is 20.5. The van der Waals surface area contributed by atoms with Gasteiger partial charge in [-0.05, 0) is 12.8 Å². The van der Waals surface area contributed by atoms with Crippen molar-refractivity contribution < 1.29 is 31.7 Å². The first-order valence-electron chi connectivity index (χ1n) is 4.63. The fourth-order valence-electron chi connectivity index (χ4n) is 1.37. The Morgan fingerprint density at radius 2 is 1.94 bits per heavy atom. The molecule has 92 valence electrons. The highest BCUT2D eigenvalue weighted by Gasteiger charge is 2.34. The van der Waals surface area contributed by atoms with Crippen LogP contribution < -0.4 is 0 Å². The average molecular weight is 254 g/mol. The summed E-state index contributed by atoms with van der Waals surface area (Å²) in [5.74, 6) is -1.61. The maximum Gasteiger partial charge on any atom is 0.359 e. The van der Waals surface area contributed by atoms with Crippen molar-refractivity contribution in [3.8, 4) is 0 Å². The van der Waals surface area contributed by atoms with Crippen LogP contribution in [0.1, 0.15) is 25.7 Å². The van der Waals surface area contributed by atoms with E-state index in [-0.39, 0.29) is 31.5 Å². The minimum Gasteiger partial charge on any atom is -0.459 e. The van der Waals surface area contributed by atoms with Gasteiger partial charge in [0.2, 0.25) is 0 Å². The molecule has 0 heterocycles. The molecule has 0 amide bonds. The van der Waals surface area contributed by atoms with Gasteiger partial charge >= 0.3 is 21.6 Å². The van der Waals surface area contributed by atoms with Crippen LogP contribution in [0.5, 0.6) is 0 Å². The number of hydrogen-bond donors (Lipinski definition) is 1. The van der Waals surface area contributed by atoms with Crippen LogP contribution in [0.4, 0.5) is 4.39 Å². The maximum atomic E-state index is 12.8. The van der Waals surface area contributed by atoms with Gasteiger partial charge in [-0.25, -0.2) is 9.18 Å². The molecule has 0 bridgehead atoms. The van der Waals surface area contributed by atoms with Gasteiger partial charge in [-0.1, -0.05) is 0 Å². The smallest absolute Gasteiger partial charge is 0.359 e. The number of alkyl halides is 1. The Kier molecular flexibility index (Phi) is 3.98. The molecule has 1 aliphatic carbocycles. The van der Waals surface area contributed by atoms with Crippen molar-refractivity contribution in [1.29, 1.82) is 0 Å². The molecule has 0 aromatic rings. The van der Waals surface area contributed by atoms with Gasteiger partial charge in [0.05, 0.1) is 0 Å². The number of halogens is 1. The third-order valence-corrected chi connectivity index (χ3v) is 2.94. The Morgan fingerprint density at radius 3 is 2.38 bits per heavy atom. The van der Waals surface area contributed by atoms with E-state index in [2.05, 4.69) is 4.74 Å². The van der Waals surface area contributed by atoms with Crippen LogP contribution >= 0.6 is 0 Å². The second kappa shape index (κ2) is 4.88. The SMILES string of the molecule is O=C1CCC(OC(=O)C(F)S(=O)(=O)O)CC1. The molecule has 1 unspecified atom stereocenters. The highest BCUT2D eigenvalue weighted by atomic mass is 32.2. The largest absolute Gasteiger partial charge is 0.459 e. The third kappa shape index (κ3) is 3.53. The van der Waals surface area contributed by atoms with E-state index in [9.17, 15) is 22.4 Å². The van der Waals surface area contributed by atoms with E-state index >= 15 is 0 Å². The number of hydrogen-bond acceptors (Lipinski definition) is 5. The second-order valence-corrected chi connectivity index (χ2v) is 4.95. The Hall–Kier alpha value is -1.02. The van der Waals surface area contributed by atoms with E-state index < -0.39 is 27.7 Å². The number of carbonyl (C=O) groups is 2. The summed E-state index contributed by atoms with van der Waals surface area (Å²) in [6.07, 6.45) is 0.290. The van der Waals surface area contributed by atoms with E-state index in [1.165, 1.54) is 0 Å². The van der Waals surface area contributed by atoms with Crippen LogP contribution in [0.3, 0.4) is 0 Å². The summed E-state index contributed by atoms with van der Waals surface area (Å²) in [6, 6.07) is 0. The van der Waals surface area contributed by atoms with Crippen molar-refractivity contribution >= 4 is 21.9 Å². The van der Waals surface area contributed by atoms with Gasteiger partial charge in [0, 0.05) is 12.8 Å². The number of esters is 1. The highest BCUT2D eigenvalue weighted by Crippen LogP contribution is 2.19. The first-order chi connectivity index (χ1) is 7.30. The van der Waals surface area contributed by atoms with Crippen molar-refractivity contribution in [1.82, 2.24) is 0 Å². The van der Waals surface area contributed by atoms with Crippen LogP contribution in [0.2, 0.25) is 0 Å². The molecule has 1 saturated carbocycles. The minimum atomic E-state index is -5.07. The van der Waals surface area contributed by atoms with Gasteiger partial charge in [0.15, 0.2) is 0 Å². The number of carbonyl (C=O) groups excluding carboxylic acids is 2. The summed E-state index contributed by atoms with van der Waals surface area (Å²) >= 11 is 0. The molecule has 16 heavy (non-hydrogen) atoms. The van der Waals surface area contributed by atoms with E-state index in [1.54, 1.807) is 0 Å². The monoisotopic (exact) mass is 254 g/mol. The maximum absolute atomic E-state index is 12.8. The summed E-state index contributed by atoms with van der Waals surface area (Å²) in [6.45, 7) is 0. The number of Topliss-reactive ketones (excluding diaryl/α,β-unsaturated/α-hetero) is 1. The molecular formula is C8H11FO6S. The molecule has 1 rings (SSSR count). The van der Waals surface area contributed by atoms with Gasteiger partial charge in [0.25, 0.3) is 0 Å². The fraction of sp³-hybridized carbons (Fsp3) is 0.750. The van der Waals surface area contributed by atoms with Crippen molar-refractivity contribution in [3.63, 3.8) is 0 Å². The van der Waals surface area contributed by atoms with Crippen LogP contribution in [0, 0.1) is 0 Å². The summed E-state index contributed by atoms with van der Waals surface area (Å²) < 4.78 is 46.1. The van der Waals surface area contributed by atoms with E-state index in [1.807, 2.05) is 0 Å². The molecule has 1 N–H and O–H groups in total. The van der Waals surface area contributed by atoms with Crippen molar-refractivity contribution in [2.24, 2.45) is 0 Å². The quantitative estimate of drug-likeness (QED) is 0.571. The summed E-state index contributed by atoms with van der Waals surface area (Å²) in [4.78, 5) is 21.8. The zero-order valence-electron chi connectivity index (χ0n) is 8.26. The first kappa shape index (κ1) is 13.0. The van der Waals surface area contributed by atoms with Gasteiger partial charge in [-0.15, -0.1) is 0 Å². The number of ketones is 1. The van der Waals surface area contributed by atoms with Gasteiger partial charge < -0.3 is 4.74 Å². The minimum absolute atomic E-state index is 0.0267. The molecule has 0 radical (unpaired) electrons. The molecular weight excluding hydrogens is 243 g/mol. The highest BCUT2D eigenvalue weighted by molar-refractivity contribution is 7.87. The molecule has 0 spiro atoms. The lowest BCUT2D eigenvalue weighted by Crippen LogP contribution is -2.32. The fourth-order valence-corrected chi connectivity index (χ4v) is 1.67. The number of rotatable bonds is 3. The molecule has 0 aromatic carbocycles. The lowest BCUT2D eigenvalue weighted by atomic mass is 9.96. The van der Waals surface area contributed by atoms with Crippen molar-refractivity contribution in [3.05, 3.63) is 0 Å². The Balaban J connectivity index is 2.49. The van der Waals surface area contributed by atoms with E-state index in [4.69, 9.17) is 4.55 Å². The Labute approximate surface area is 91.5 Å². The summed E-state index contributed by atoms with van der Waals surface area (Å²) in [5.41, 5.74) is -3.08. The summed E-state index contributed by atoms with van der Waals surface area (Å²) in [7, 11) is -5.07. The average Bonchev–Trinajstić information content (AvgIpc) is 2.19. The van der Waals surface area contributed by atoms with Gasteiger partial charge in [-0.2, -0.15) is 8.42 Å². The predicted octanol–water partition coefficient (Wildman–Crippen LogP) is 0.225. The van der Waals surface area contributed by atoms with Gasteiger partial charge in [-0.3, -0.25) is 9.35 Å². The van der Waals surface area contributed by atoms with Crippen LogP contribution in [0.15, 0.2) is 0 Å². The standard InChI is InChI=1S/C8H11FO6S/c9-7(16(12,13)14)8(11)15-6-3-1-5(10)2-4-6/h6-7H,1-4H2,(H,12,13,14). The Bertz CT molecular complexity index is 379. The molecule has 0 saturated heterocycles. The van der Waals surface area contributed by atoms with E-state index in [0.717, 1.165) is 0 Å². The number of ether oxygens (including phenoxy) is 1. The predicted molar refractivity (Wildman–Crippen MR) is 49.8 cm³/mol. The van der Waals surface area contributed by atoms with Crippen LogP contribution in [-0.4, -0.2) is 36.3 Å². The lowest BCUT2D eigenvalue weighted by Gasteiger charge is -2.21. The summed E-state index contributed by atoms with van der Waals surface area (Å²) in [5, 5.41) is 0. The zero-order chi connectivity index (χ0) is 12.3. The van der Waals surface area contributed by atoms with E-state index in [0.29, 0.717) is 0 Å². The van der Waals surface area contributed by atoms with Crippen molar-refractivity contribution in [2.75, 3.05) is 0 Å². The first-order valence-corrected chi connectivity index (χ1v) is 6.13. The zero-order valence-corrected chi connectivity index (χ0v) is 9.07. The topological polar surface area (TPSA) is 97.7 Å². The molecule has 1 aliphatic rings. The van der Waals surface area contributed by atoms with Crippen molar-refractivity contribution in [2.45, 2.75) is 37.3 Å². The molecule has 6 nitrogen and oxygen atoms in total. The Morgan fingerprint density at radius 1 is 1.44 bits per heavy atom. The molecule has 1 atom stereocenters. The molecule has 0 aromatic heterocycles. The van der Waals surface area contributed by atoms with Crippen LogP contribution in [-0.2, 0) is 24.4 Å². The van der Waals surface area contributed by atoms with Gasteiger partial charge in [0.1, 0.15) is 11.9 Å². The third-order valence-electron chi connectivity index (χ3n) is 2.22. The molecule has 8 heteroatoms. The second-order valence-electron chi connectivity index (χ2n) is 3.51. The lowest BCUT2D eigenvalue weighted by molar-refractivity contribution is -0.154. The molecule has 1 fully saturated rings.